The third-order valence-electron chi connectivity index (χ3n) is 4.63. The fourth-order valence-corrected chi connectivity index (χ4v) is 3.47. The summed E-state index contributed by atoms with van der Waals surface area (Å²) in [5.41, 5.74) is 2.91. The van der Waals surface area contributed by atoms with Crippen LogP contribution in [0.15, 0.2) is 0 Å². The molecule has 0 spiro atoms. The van der Waals surface area contributed by atoms with E-state index < -0.39 is 6.09 Å². The number of amides is 1. The highest BCUT2D eigenvalue weighted by molar-refractivity contribution is 5.68. The van der Waals surface area contributed by atoms with Gasteiger partial charge in [-0.05, 0) is 20.3 Å². The van der Waals surface area contributed by atoms with Gasteiger partial charge in [0, 0.05) is 31.1 Å². The molecule has 4 rings (SSSR count). The molecule has 0 unspecified atom stereocenters. The zero-order valence-corrected chi connectivity index (χ0v) is 12.7. The lowest BCUT2D eigenvalue weighted by Crippen LogP contribution is -2.41. The summed E-state index contributed by atoms with van der Waals surface area (Å²) >= 11 is 0. The molecule has 2 aromatic heterocycles. The molecule has 2 aromatic rings. The Bertz CT molecular complexity index is 762. The SMILES string of the molecule is Cc1nnc2n1CCCn1nc3c(c1-2)CN(C(=O)O)[C@H](C)C3. The van der Waals surface area contributed by atoms with Gasteiger partial charge in [-0.3, -0.25) is 4.68 Å². The van der Waals surface area contributed by atoms with Crippen molar-refractivity contribution in [2.24, 2.45) is 0 Å². The number of hydrogen-bond acceptors (Lipinski definition) is 4. The fourth-order valence-electron chi connectivity index (χ4n) is 3.47. The van der Waals surface area contributed by atoms with Crippen molar-refractivity contribution < 1.29 is 9.90 Å². The summed E-state index contributed by atoms with van der Waals surface area (Å²) in [6, 6.07) is -0.0521. The molecular formula is C14H18N6O2. The Morgan fingerprint density at radius 2 is 2.14 bits per heavy atom. The van der Waals surface area contributed by atoms with Crippen LogP contribution in [0.4, 0.5) is 4.79 Å². The van der Waals surface area contributed by atoms with Crippen molar-refractivity contribution in [3.05, 3.63) is 17.1 Å². The van der Waals surface area contributed by atoms with Gasteiger partial charge in [-0.2, -0.15) is 5.10 Å². The minimum atomic E-state index is -0.885. The maximum absolute atomic E-state index is 11.4. The highest BCUT2D eigenvalue weighted by Gasteiger charge is 2.34. The number of aryl methyl sites for hydroxylation is 2. The zero-order chi connectivity index (χ0) is 15.4. The van der Waals surface area contributed by atoms with E-state index in [4.69, 9.17) is 5.10 Å². The molecule has 4 heterocycles. The van der Waals surface area contributed by atoms with Gasteiger partial charge in [-0.1, -0.05) is 0 Å². The first-order valence-corrected chi connectivity index (χ1v) is 7.54. The molecule has 0 radical (unpaired) electrons. The summed E-state index contributed by atoms with van der Waals surface area (Å²) in [7, 11) is 0. The molecule has 116 valence electrons. The molecule has 22 heavy (non-hydrogen) atoms. The number of nitrogens with zero attached hydrogens (tertiary/aromatic N) is 6. The number of carboxylic acid groups (broad SMARTS) is 1. The summed E-state index contributed by atoms with van der Waals surface area (Å²) < 4.78 is 4.08. The molecule has 0 saturated carbocycles. The van der Waals surface area contributed by atoms with Crippen LogP contribution < -0.4 is 0 Å². The van der Waals surface area contributed by atoms with Crippen LogP contribution in [-0.4, -0.2) is 46.7 Å². The van der Waals surface area contributed by atoms with Gasteiger partial charge in [0.2, 0.25) is 0 Å². The predicted octanol–water partition coefficient (Wildman–Crippen LogP) is 1.28. The largest absolute Gasteiger partial charge is 0.465 e. The lowest BCUT2D eigenvalue weighted by atomic mass is 10.00. The van der Waals surface area contributed by atoms with Crippen LogP contribution in [0.1, 0.15) is 30.4 Å². The summed E-state index contributed by atoms with van der Waals surface area (Å²) in [5.74, 6) is 1.70. The Labute approximate surface area is 127 Å². The molecule has 8 nitrogen and oxygen atoms in total. The molecule has 2 aliphatic heterocycles. The van der Waals surface area contributed by atoms with E-state index in [-0.39, 0.29) is 6.04 Å². The third-order valence-corrected chi connectivity index (χ3v) is 4.63. The first-order chi connectivity index (χ1) is 10.6. The minimum Gasteiger partial charge on any atom is -0.465 e. The quantitative estimate of drug-likeness (QED) is 0.792. The second-order valence-corrected chi connectivity index (χ2v) is 6.04. The fraction of sp³-hybridized carbons (Fsp3) is 0.571. The van der Waals surface area contributed by atoms with Crippen LogP contribution in [0, 0.1) is 6.92 Å². The lowest BCUT2D eigenvalue weighted by Gasteiger charge is -2.30. The van der Waals surface area contributed by atoms with E-state index in [0.29, 0.717) is 13.0 Å². The molecule has 0 aliphatic carbocycles. The van der Waals surface area contributed by atoms with Crippen LogP contribution in [0.5, 0.6) is 0 Å². The highest BCUT2D eigenvalue weighted by atomic mass is 16.4. The van der Waals surface area contributed by atoms with Gasteiger partial charge in [0.05, 0.1) is 12.2 Å². The average molecular weight is 302 g/mol. The second-order valence-electron chi connectivity index (χ2n) is 6.04. The van der Waals surface area contributed by atoms with Crippen molar-refractivity contribution in [3.8, 4) is 11.5 Å². The van der Waals surface area contributed by atoms with E-state index in [2.05, 4.69) is 14.8 Å². The van der Waals surface area contributed by atoms with E-state index in [0.717, 1.165) is 48.1 Å². The van der Waals surface area contributed by atoms with Gasteiger partial charge in [0.25, 0.3) is 0 Å². The van der Waals surface area contributed by atoms with Crippen molar-refractivity contribution in [2.75, 3.05) is 0 Å². The summed E-state index contributed by atoms with van der Waals surface area (Å²) in [6.07, 6.45) is 0.733. The van der Waals surface area contributed by atoms with Crippen molar-refractivity contribution >= 4 is 6.09 Å². The van der Waals surface area contributed by atoms with E-state index >= 15 is 0 Å². The van der Waals surface area contributed by atoms with E-state index in [1.54, 1.807) is 0 Å². The Kier molecular flexibility index (Phi) is 2.75. The zero-order valence-electron chi connectivity index (χ0n) is 12.7. The smallest absolute Gasteiger partial charge is 0.407 e. The third kappa shape index (κ3) is 1.76. The van der Waals surface area contributed by atoms with Crippen molar-refractivity contribution in [1.29, 1.82) is 0 Å². The maximum atomic E-state index is 11.4. The molecule has 0 bridgehead atoms. The summed E-state index contributed by atoms with van der Waals surface area (Å²) in [4.78, 5) is 12.9. The number of rotatable bonds is 0. The first kappa shape index (κ1) is 13.3. The minimum absolute atomic E-state index is 0.0521. The van der Waals surface area contributed by atoms with Crippen molar-refractivity contribution in [3.63, 3.8) is 0 Å². The van der Waals surface area contributed by atoms with Gasteiger partial charge >= 0.3 is 6.09 Å². The van der Waals surface area contributed by atoms with E-state index in [9.17, 15) is 9.90 Å². The molecule has 0 aromatic carbocycles. The van der Waals surface area contributed by atoms with Gasteiger partial charge in [-0.25, -0.2) is 4.79 Å². The number of carbonyl (C=O) groups is 1. The highest BCUT2D eigenvalue weighted by Crippen LogP contribution is 2.33. The van der Waals surface area contributed by atoms with E-state index in [1.165, 1.54) is 4.90 Å². The average Bonchev–Trinajstić information content (AvgIpc) is 2.92. The second kappa shape index (κ2) is 4.56. The monoisotopic (exact) mass is 302 g/mol. The molecule has 2 aliphatic rings. The molecule has 8 heteroatoms. The summed E-state index contributed by atoms with van der Waals surface area (Å²) in [5, 5.41) is 22.6. The standard InChI is InChI=1S/C14H18N6O2/c1-8-6-11-10(7-19(8)14(21)22)12-13-16-15-9(2)18(13)4-3-5-20(12)17-11/h8H,3-7H2,1-2H3,(H,21,22)/t8-/m1/s1. The lowest BCUT2D eigenvalue weighted by molar-refractivity contribution is 0.119. The first-order valence-electron chi connectivity index (χ1n) is 7.54. The van der Waals surface area contributed by atoms with Crippen LogP contribution in [0.3, 0.4) is 0 Å². The van der Waals surface area contributed by atoms with Crippen LogP contribution >= 0.6 is 0 Å². The topological polar surface area (TPSA) is 89.1 Å². The summed E-state index contributed by atoms with van der Waals surface area (Å²) in [6.45, 7) is 5.93. The molecule has 1 N–H and O–H groups in total. The number of aromatic nitrogens is 5. The van der Waals surface area contributed by atoms with Gasteiger partial charge in [-0.15, -0.1) is 10.2 Å². The predicted molar refractivity (Wildman–Crippen MR) is 77.3 cm³/mol. The van der Waals surface area contributed by atoms with Crippen molar-refractivity contribution in [2.45, 2.75) is 52.4 Å². The normalized spacial score (nSPS) is 20.1. The molecule has 0 saturated heterocycles. The number of fused-ring (bicyclic) bond motifs is 5. The molecule has 1 amide bonds. The molecule has 1 atom stereocenters. The Morgan fingerprint density at radius 1 is 1.32 bits per heavy atom. The Balaban J connectivity index is 1.89. The number of hydrogen-bond donors (Lipinski definition) is 1. The van der Waals surface area contributed by atoms with Crippen LogP contribution in [0.2, 0.25) is 0 Å². The Hall–Kier alpha value is -2.38. The van der Waals surface area contributed by atoms with E-state index in [1.807, 2.05) is 18.5 Å². The van der Waals surface area contributed by atoms with Crippen LogP contribution in [-0.2, 0) is 26.1 Å². The van der Waals surface area contributed by atoms with Gasteiger partial charge < -0.3 is 14.6 Å². The Morgan fingerprint density at radius 3 is 2.91 bits per heavy atom. The van der Waals surface area contributed by atoms with Gasteiger partial charge in [0.15, 0.2) is 5.82 Å². The van der Waals surface area contributed by atoms with Crippen molar-refractivity contribution in [1.82, 2.24) is 29.4 Å². The molecular weight excluding hydrogens is 284 g/mol. The van der Waals surface area contributed by atoms with Gasteiger partial charge in [0.1, 0.15) is 11.5 Å². The maximum Gasteiger partial charge on any atom is 0.407 e. The molecule has 0 fully saturated rings. The van der Waals surface area contributed by atoms with Crippen LogP contribution in [0.25, 0.3) is 11.5 Å².